The molecule has 0 saturated heterocycles. The maximum atomic E-state index is 5.65. The summed E-state index contributed by atoms with van der Waals surface area (Å²) in [7, 11) is 0. The van der Waals surface area contributed by atoms with E-state index in [9.17, 15) is 0 Å². The Balaban J connectivity index is 2.04. The van der Waals surface area contributed by atoms with E-state index in [0.717, 1.165) is 12.3 Å². The average Bonchev–Trinajstić information content (AvgIpc) is 2.69. The zero-order chi connectivity index (χ0) is 13.5. The third kappa shape index (κ3) is 4.35. The Bertz CT molecular complexity index is 418. The van der Waals surface area contributed by atoms with Crippen molar-refractivity contribution < 1.29 is 0 Å². The fourth-order valence-electron chi connectivity index (χ4n) is 2.73. The first kappa shape index (κ1) is 14.1. The molecule has 1 aliphatic carbocycles. The molecule has 0 aliphatic heterocycles. The number of hydrazine groups is 1. The zero-order valence-corrected chi connectivity index (χ0v) is 11.9. The summed E-state index contributed by atoms with van der Waals surface area (Å²) in [6.45, 7) is 2.13. The van der Waals surface area contributed by atoms with E-state index in [0.29, 0.717) is 6.04 Å². The Labute approximate surface area is 116 Å². The van der Waals surface area contributed by atoms with E-state index in [1.807, 2.05) is 0 Å². The lowest BCUT2D eigenvalue weighted by Crippen LogP contribution is -2.33. The number of hydrogen-bond donors (Lipinski definition) is 2. The largest absolute Gasteiger partial charge is 0.312 e. The molecule has 0 bridgehead atoms. The van der Waals surface area contributed by atoms with Crippen molar-refractivity contribution in [1.82, 2.24) is 5.43 Å². The van der Waals surface area contributed by atoms with Crippen LogP contribution in [0.1, 0.15) is 49.7 Å². The molecule has 104 valence electrons. The van der Waals surface area contributed by atoms with Gasteiger partial charge in [-0.2, -0.15) is 0 Å². The normalized spacial score (nSPS) is 18.1. The van der Waals surface area contributed by atoms with Crippen LogP contribution in [-0.4, -0.2) is 11.9 Å². The lowest BCUT2D eigenvalue weighted by molar-refractivity contribution is 0.581. The van der Waals surface area contributed by atoms with Crippen molar-refractivity contribution in [3.05, 3.63) is 35.4 Å². The fraction of sp³-hybridized carbons (Fsp3) is 0.562. The van der Waals surface area contributed by atoms with E-state index in [1.54, 1.807) is 0 Å². The molecule has 3 N–H and O–H groups in total. The first-order valence-electron chi connectivity index (χ1n) is 7.37. The minimum atomic E-state index is 0.456. The number of amidine groups is 1. The molecule has 3 nitrogen and oxygen atoms in total. The number of hydrogen-bond acceptors (Lipinski definition) is 2. The standard InChI is InChI=1S/C16H25N3/c1-13-8-6-7-9-14(13)12-16(19-17)18-15-10-4-2-3-5-11-15/h6-9,15H,2-5,10-12,17H2,1H3,(H,18,19). The van der Waals surface area contributed by atoms with Crippen molar-refractivity contribution in [3.8, 4) is 0 Å². The number of nitrogens with zero attached hydrogens (tertiary/aromatic N) is 1. The highest BCUT2D eigenvalue weighted by Gasteiger charge is 2.12. The number of nitrogens with one attached hydrogen (secondary N) is 1. The van der Waals surface area contributed by atoms with Gasteiger partial charge in [-0.15, -0.1) is 0 Å². The summed E-state index contributed by atoms with van der Waals surface area (Å²) in [5.41, 5.74) is 5.39. The number of aryl methyl sites for hydroxylation is 1. The summed E-state index contributed by atoms with van der Waals surface area (Å²) < 4.78 is 0. The third-order valence-electron chi connectivity index (χ3n) is 3.95. The number of aliphatic imine (C=N–C) groups is 1. The van der Waals surface area contributed by atoms with Gasteiger partial charge in [0.15, 0.2) is 0 Å². The topological polar surface area (TPSA) is 50.4 Å². The highest BCUT2D eigenvalue weighted by molar-refractivity contribution is 5.84. The molecule has 1 aromatic carbocycles. The molecule has 0 radical (unpaired) electrons. The predicted molar refractivity (Wildman–Crippen MR) is 81.1 cm³/mol. The van der Waals surface area contributed by atoms with E-state index in [4.69, 9.17) is 10.8 Å². The monoisotopic (exact) mass is 259 g/mol. The summed E-state index contributed by atoms with van der Waals surface area (Å²) >= 11 is 0. The smallest absolute Gasteiger partial charge is 0.115 e. The van der Waals surface area contributed by atoms with Gasteiger partial charge in [0.1, 0.15) is 5.84 Å². The summed E-state index contributed by atoms with van der Waals surface area (Å²) in [4.78, 5) is 4.83. The van der Waals surface area contributed by atoms with Crippen LogP contribution in [0.25, 0.3) is 0 Å². The van der Waals surface area contributed by atoms with Gasteiger partial charge in [-0.25, -0.2) is 5.84 Å². The molecule has 3 heteroatoms. The predicted octanol–water partition coefficient (Wildman–Crippen LogP) is 3.12. The molecule has 1 aromatic rings. The lowest BCUT2D eigenvalue weighted by atomic mass is 10.0. The number of rotatable bonds is 3. The SMILES string of the molecule is Cc1ccccc1CC(=NC1CCCCCC1)NN. The van der Waals surface area contributed by atoms with Crippen molar-refractivity contribution in [2.75, 3.05) is 0 Å². The average molecular weight is 259 g/mol. The van der Waals surface area contributed by atoms with E-state index in [1.165, 1.54) is 49.7 Å². The van der Waals surface area contributed by atoms with Crippen molar-refractivity contribution in [3.63, 3.8) is 0 Å². The van der Waals surface area contributed by atoms with Gasteiger partial charge < -0.3 is 5.43 Å². The molecule has 0 heterocycles. The van der Waals surface area contributed by atoms with Crippen LogP contribution in [0.15, 0.2) is 29.3 Å². The summed E-state index contributed by atoms with van der Waals surface area (Å²) in [5, 5.41) is 0. The number of nitrogens with two attached hydrogens (primary N) is 1. The Hall–Kier alpha value is -1.35. The van der Waals surface area contributed by atoms with Crippen molar-refractivity contribution in [2.24, 2.45) is 10.8 Å². The summed E-state index contributed by atoms with van der Waals surface area (Å²) in [6, 6.07) is 8.88. The van der Waals surface area contributed by atoms with E-state index >= 15 is 0 Å². The molecular weight excluding hydrogens is 234 g/mol. The van der Waals surface area contributed by atoms with Gasteiger partial charge in [0.2, 0.25) is 0 Å². The maximum absolute atomic E-state index is 5.65. The molecule has 1 fully saturated rings. The van der Waals surface area contributed by atoms with Crippen LogP contribution in [0.3, 0.4) is 0 Å². The molecule has 1 saturated carbocycles. The Kier molecular flexibility index (Phi) is 5.40. The lowest BCUT2D eigenvalue weighted by Gasteiger charge is -2.13. The van der Waals surface area contributed by atoms with Gasteiger partial charge in [0.25, 0.3) is 0 Å². The molecule has 0 unspecified atom stereocenters. The molecule has 2 rings (SSSR count). The third-order valence-corrected chi connectivity index (χ3v) is 3.95. The summed E-state index contributed by atoms with van der Waals surface area (Å²) in [5.74, 6) is 6.56. The Morgan fingerprint density at radius 3 is 2.53 bits per heavy atom. The minimum Gasteiger partial charge on any atom is -0.312 e. The van der Waals surface area contributed by atoms with E-state index < -0.39 is 0 Å². The van der Waals surface area contributed by atoms with Crippen molar-refractivity contribution in [2.45, 2.75) is 57.9 Å². The molecule has 0 amide bonds. The fourth-order valence-corrected chi connectivity index (χ4v) is 2.73. The van der Waals surface area contributed by atoms with Crippen LogP contribution in [0, 0.1) is 6.92 Å². The highest BCUT2D eigenvalue weighted by atomic mass is 15.3. The van der Waals surface area contributed by atoms with Gasteiger partial charge >= 0.3 is 0 Å². The minimum absolute atomic E-state index is 0.456. The van der Waals surface area contributed by atoms with Crippen LogP contribution in [0.4, 0.5) is 0 Å². The Morgan fingerprint density at radius 2 is 1.89 bits per heavy atom. The highest BCUT2D eigenvalue weighted by Crippen LogP contribution is 2.20. The van der Waals surface area contributed by atoms with E-state index in [2.05, 4.69) is 36.6 Å². The second-order valence-electron chi connectivity index (χ2n) is 5.47. The molecule has 19 heavy (non-hydrogen) atoms. The van der Waals surface area contributed by atoms with Gasteiger partial charge in [0.05, 0.1) is 6.04 Å². The quantitative estimate of drug-likeness (QED) is 0.288. The molecule has 1 aliphatic rings. The Morgan fingerprint density at radius 1 is 1.21 bits per heavy atom. The van der Waals surface area contributed by atoms with Crippen molar-refractivity contribution in [1.29, 1.82) is 0 Å². The van der Waals surface area contributed by atoms with Gasteiger partial charge in [-0.3, -0.25) is 4.99 Å². The molecular formula is C16H25N3. The van der Waals surface area contributed by atoms with Crippen LogP contribution < -0.4 is 11.3 Å². The first-order chi connectivity index (χ1) is 9.29. The van der Waals surface area contributed by atoms with Gasteiger partial charge in [-0.05, 0) is 30.9 Å². The second kappa shape index (κ2) is 7.29. The molecule has 0 aromatic heterocycles. The van der Waals surface area contributed by atoms with Gasteiger partial charge in [-0.1, -0.05) is 49.9 Å². The summed E-state index contributed by atoms with van der Waals surface area (Å²) in [6.07, 6.45) is 8.54. The van der Waals surface area contributed by atoms with Crippen LogP contribution >= 0.6 is 0 Å². The van der Waals surface area contributed by atoms with Gasteiger partial charge in [0, 0.05) is 6.42 Å². The van der Waals surface area contributed by atoms with Crippen LogP contribution in [0.2, 0.25) is 0 Å². The van der Waals surface area contributed by atoms with E-state index in [-0.39, 0.29) is 0 Å². The van der Waals surface area contributed by atoms with Crippen LogP contribution in [-0.2, 0) is 6.42 Å². The van der Waals surface area contributed by atoms with Crippen molar-refractivity contribution >= 4 is 5.84 Å². The maximum Gasteiger partial charge on any atom is 0.115 e. The number of benzene rings is 1. The second-order valence-corrected chi connectivity index (χ2v) is 5.47. The van der Waals surface area contributed by atoms with Crippen LogP contribution in [0.5, 0.6) is 0 Å². The molecule has 0 spiro atoms. The first-order valence-corrected chi connectivity index (χ1v) is 7.37. The zero-order valence-electron chi connectivity index (χ0n) is 11.9. The molecule has 0 atom stereocenters.